The van der Waals surface area contributed by atoms with Crippen molar-refractivity contribution in [1.82, 2.24) is 0 Å². The summed E-state index contributed by atoms with van der Waals surface area (Å²) in [6, 6.07) is 0. The van der Waals surface area contributed by atoms with E-state index in [0.717, 1.165) is 12.2 Å². The highest BCUT2D eigenvalue weighted by atomic mass is 32.1. The lowest BCUT2D eigenvalue weighted by molar-refractivity contribution is 0.856. The predicted molar refractivity (Wildman–Crippen MR) is 37.7 cm³/mol. The molecule has 0 spiro atoms. The molecule has 7 heavy (non-hydrogen) atoms. The van der Waals surface area contributed by atoms with E-state index in [2.05, 4.69) is 26.0 Å². The monoisotopic (exact) mass is 117 g/mol. The first kappa shape index (κ1) is 7.22. The number of hydrogen-bond acceptors (Lipinski definition) is 1. The standard InChI is InChI=1S/C6H12S/c1-2-3-4-5-6-7/h4H,2-3,5-6H2,1H3/p+1. The van der Waals surface area contributed by atoms with E-state index in [9.17, 15) is 0 Å². The zero-order valence-electron chi connectivity index (χ0n) is 4.85. The van der Waals surface area contributed by atoms with Crippen LogP contribution < -0.4 is 0 Å². The molecule has 0 fully saturated rings. The zero-order chi connectivity index (χ0) is 5.54. The van der Waals surface area contributed by atoms with Gasteiger partial charge in [0.25, 0.3) is 0 Å². The summed E-state index contributed by atoms with van der Waals surface area (Å²) < 4.78 is 0. The van der Waals surface area contributed by atoms with Crippen LogP contribution >= 0.6 is 12.6 Å². The second-order valence-electron chi connectivity index (χ2n) is 1.59. The summed E-state index contributed by atoms with van der Waals surface area (Å²) in [6.07, 6.45) is 5.97. The van der Waals surface area contributed by atoms with Gasteiger partial charge in [0.2, 0.25) is 0 Å². The largest absolute Gasteiger partial charge is 0.175 e. The molecular formula is C6H13S+. The average Bonchev–Trinajstić information content (AvgIpc) is 1.69. The molecule has 0 aliphatic carbocycles. The minimum absolute atomic E-state index is 1.00. The Morgan fingerprint density at radius 3 is 2.57 bits per heavy atom. The fourth-order valence-electron chi connectivity index (χ4n) is 0.440. The SMILES string of the molecule is CCC[CH+]CCS. The lowest BCUT2D eigenvalue weighted by Gasteiger charge is -1.80. The maximum absolute atomic E-state index is 4.06. The summed E-state index contributed by atoms with van der Waals surface area (Å²) in [7, 11) is 0. The Balaban J connectivity index is 2.45. The van der Waals surface area contributed by atoms with Gasteiger partial charge in [-0.05, 0) is 6.42 Å². The molecule has 1 heteroatoms. The lowest BCUT2D eigenvalue weighted by atomic mass is 10.2. The molecule has 0 aromatic carbocycles. The molecule has 0 amide bonds. The fraction of sp³-hybridized carbons (Fsp3) is 0.833. The van der Waals surface area contributed by atoms with Crippen LogP contribution in [0.2, 0.25) is 0 Å². The van der Waals surface area contributed by atoms with Crippen LogP contribution in [0.4, 0.5) is 0 Å². The van der Waals surface area contributed by atoms with Crippen LogP contribution in [0, 0.1) is 6.42 Å². The zero-order valence-corrected chi connectivity index (χ0v) is 5.75. The van der Waals surface area contributed by atoms with E-state index < -0.39 is 0 Å². The third-order valence-electron chi connectivity index (χ3n) is 0.826. The Labute approximate surface area is 51.7 Å². The van der Waals surface area contributed by atoms with Crippen LogP contribution in [0.25, 0.3) is 0 Å². The molecule has 0 radical (unpaired) electrons. The first-order valence-corrected chi connectivity index (χ1v) is 3.47. The fourth-order valence-corrected chi connectivity index (χ4v) is 0.622. The average molecular weight is 117 g/mol. The highest BCUT2D eigenvalue weighted by Gasteiger charge is 1.91. The summed E-state index contributed by atoms with van der Waals surface area (Å²) in [5.74, 6) is 1.00. The maximum Gasteiger partial charge on any atom is 0.0963 e. The van der Waals surface area contributed by atoms with E-state index in [1.165, 1.54) is 12.8 Å². The van der Waals surface area contributed by atoms with E-state index >= 15 is 0 Å². The third-order valence-corrected chi connectivity index (χ3v) is 1.08. The maximum atomic E-state index is 4.06. The Bertz CT molecular complexity index is 23.4. The second kappa shape index (κ2) is 6.22. The Kier molecular flexibility index (Phi) is 6.42. The van der Waals surface area contributed by atoms with Gasteiger partial charge in [-0.2, -0.15) is 12.6 Å². The molecule has 0 aromatic rings. The van der Waals surface area contributed by atoms with Crippen LogP contribution in [0.15, 0.2) is 0 Å². The Morgan fingerprint density at radius 1 is 1.43 bits per heavy atom. The van der Waals surface area contributed by atoms with Crippen LogP contribution in [-0.4, -0.2) is 5.75 Å². The molecule has 0 heterocycles. The van der Waals surface area contributed by atoms with Crippen molar-refractivity contribution >= 4 is 12.6 Å². The molecule has 0 rings (SSSR count). The van der Waals surface area contributed by atoms with Gasteiger partial charge in [-0.15, -0.1) is 0 Å². The molecule has 0 nitrogen and oxygen atoms in total. The second-order valence-corrected chi connectivity index (χ2v) is 2.04. The lowest BCUT2D eigenvalue weighted by Crippen LogP contribution is -1.75. The molecule has 0 aliphatic heterocycles. The number of hydrogen-bond donors (Lipinski definition) is 1. The normalized spacial score (nSPS) is 8.86. The van der Waals surface area contributed by atoms with Crippen LogP contribution in [0.5, 0.6) is 0 Å². The van der Waals surface area contributed by atoms with Gasteiger partial charge in [-0.1, -0.05) is 6.92 Å². The Morgan fingerprint density at radius 2 is 2.14 bits per heavy atom. The van der Waals surface area contributed by atoms with Crippen molar-refractivity contribution in [3.63, 3.8) is 0 Å². The number of rotatable bonds is 4. The van der Waals surface area contributed by atoms with Gasteiger partial charge < -0.3 is 0 Å². The van der Waals surface area contributed by atoms with Gasteiger partial charge in [0.1, 0.15) is 0 Å². The molecule has 0 aromatic heterocycles. The summed E-state index contributed by atoms with van der Waals surface area (Å²) in [6.45, 7) is 2.19. The summed E-state index contributed by atoms with van der Waals surface area (Å²) in [5.41, 5.74) is 0. The van der Waals surface area contributed by atoms with Crippen molar-refractivity contribution in [1.29, 1.82) is 0 Å². The van der Waals surface area contributed by atoms with E-state index in [4.69, 9.17) is 0 Å². The van der Waals surface area contributed by atoms with Gasteiger partial charge in [-0.3, -0.25) is 0 Å². The van der Waals surface area contributed by atoms with E-state index in [-0.39, 0.29) is 0 Å². The van der Waals surface area contributed by atoms with Crippen molar-refractivity contribution in [2.24, 2.45) is 0 Å². The van der Waals surface area contributed by atoms with Crippen LogP contribution in [0.1, 0.15) is 26.2 Å². The van der Waals surface area contributed by atoms with Crippen LogP contribution in [0.3, 0.4) is 0 Å². The van der Waals surface area contributed by atoms with Gasteiger partial charge in [0.15, 0.2) is 0 Å². The molecule has 0 bridgehead atoms. The summed E-state index contributed by atoms with van der Waals surface area (Å²) in [5, 5.41) is 0. The first-order chi connectivity index (χ1) is 3.41. The quantitative estimate of drug-likeness (QED) is 0.326. The van der Waals surface area contributed by atoms with E-state index in [1.807, 2.05) is 0 Å². The molecule has 0 saturated carbocycles. The van der Waals surface area contributed by atoms with Gasteiger partial charge in [0.05, 0.1) is 19.3 Å². The minimum Gasteiger partial charge on any atom is -0.175 e. The van der Waals surface area contributed by atoms with Crippen molar-refractivity contribution in [2.75, 3.05) is 5.75 Å². The molecule has 0 N–H and O–H groups in total. The molecular weight excluding hydrogens is 104 g/mol. The summed E-state index contributed by atoms with van der Waals surface area (Å²) >= 11 is 4.06. The summed E-state index contributed by atoms with van der Waals surface area (Å²) in [4.78, 5) is 0. The van der Waals surface area contributed by atoms with Gasteiger partial charge in [-0.25, -0.2) is 0 Å². The van der Waals surface area contributed by atoms with Crippen molar-refractivity contribution in [2.45, 2.75) is 26.2 Å². The molecule has 42 valence electrons. The highest BCUT2D eigenvalue weighted by molar-refractivity contribution is 7.80. The van der Waals surface area contributed by atoms with Crippen molar-refractivity contribution in [3.05, 3.63) is 6.42 Å². The van der Waals surface area contributed by atoms with Gasteiger partial charge in [0, 0.05) is 5.75 Å². The van der Waals surface area contributed by atoms with Crippen LogP contribution in [-0.2, 0) is 0 Å². The highest BCUT2D eigenvalue weighted by Crippen LogP contribution is 1.96. The van der Waals surface area contributed by atoms with E-state index in [0.29, 0.717) is 0 Å². The predicted octanol–water partition coefficient (Wildman–Crippen LogP) is 2.31. The smallest absolute Gasteiger partial charge is 0.0963 e. The molecule has 0 saturated heterocycles. The minimum atomic E-state index is 1.00. The topological polar surface area (TPSA) is 0 Å². The van der Waals surface area contributed by atoms with Gasteiger partial charge >= 0.3 is 0 Å². The van der Waals surface area contributed by atoms with Crippen molar-refractivity contribution < 1.29 is 0 Å². The number of unbranched alkanes of at least 4 members (excludes halogenated alkanes) is 3. The molecule has 0 unspecified atom stereocenters. The molecule has 0 atom stereocenters. The first-order valence-electron chi connectivity index (χ1n) is 2.84. The van der Waals surface area contributed by atoms with E-state index in [1.54, 1.807) is 0 Å². The van der Waals surface area contributed by atoms with Crippen molar-refractivity contribution in [3.8, 4) is 0 Å². The Hall–Kier alpha value is 0.220. The molecule has 0 aliphatic rings. The third kappa shape index (κ3) is 6.22. The number of thiol groups is 1.